The van der Waals surface area contributed by atoms with Gasteiger partial charge in [0.05, 0.1) is 17.0 Å². The normalized spacial score (nSPS) is 15.5. The van der Waals surface area contributed by atoms with Crippen molar-refractivity contribution in [3.63, 3.8) is 0 Å². The molecule has 0 saturated carbocycles. The number of benzene rings is 3. The van der Waals surface area contributed by atoms with E-state index in [0.717, 1.165) is 16.7 Å². The van der Waals surface area contributed by atoms with Crippen molar-refractivity contribution in [1.29, 1.82) is 0 Å². The Morgan fingerprint density at radius 1 is 0.970 bits per heavy atom. The quantitative estimate of drug-likeness (QED) is 0.384. The van der Waals surface area contributed by atoms with Crippen LogP contribution < -0.4 is 5.43 Å². The Balaban J connectivity index is 1.69. The van der Waals surface area contributed by atoms with Crippen molar-refractivity contribution in [1.82, 2.24) is 4.90 Å². The summed E-state index contributed by atoms with van der Waals surface area (Å²) in [5, 5.41) is 0.467. The van der Waals surface area contributed by atoms with Crippen molar-refractivity contribution in [2.75, 3.05) is 0 Å². The lowest BCUT2D eigenvalue weighted by atomic mass is 9.95. The average Bonchev–Trinajstić information content (AvgIpc) is 3.08. The summed E-state index contributed by atoms with van der Waals surface area (Å²) in [6.45, 7) is 6.38. The van der Waals surface area contributed by atoms with Gasteiger partial charge in [-0.1, -0.05) is 61.9 Å². The van der Waals surface area contributed by atoms with Gasteiger partial charge in [-0.05, 0) is 53.8 Å². The molecule has 5 heteroatoms. The van der Waals surface area contributed by atoms with Gasteiger partial charge in [-0.15, -0.1) is 0 Å². The van der Waals surface area contributed by atoms with Crippen LogP contribution in [-0.2, 0) is 6.54 Å². The molecule has 0 aliphatic carbocycles. The summed E-state index contributed by atoms with van der Waals surface area (Å²) in [7, 11) is 0. The van der Waals surface area contributed by atoms with Crippen molar-refractivity contribution < 1.29 is 13.6 Å². The molecule has 1 aliphatic heterocycles. The molecule has 4 aromatic rings. The third kappa shape index (κ3) is 3.63. The van der Waals surface area contributed by atoms with Crippen LogP contribution in [0.15, 0.2) is 75.9 Å². The van der Waals surface area contributed by atoms with Crippen LogP contribution in [-0.4, -0.2) is 10.8 Å². The maximum absolute atomic E-state index is 13.6. The molecule has 3 aromatic carbocycles. The Bertz CT molecular complexity index is 1420. The zero-order valence-electron chi connectivity index (χ0n) is 18.8. The summed E-state index contributed by atoms with van der Waals surface area (Å²) in [4.78, 5) is 28.8. The molecule has 5 rings (SSSR count). The summed E-state index contributed by atoms with van der Waals surface area (Å²) >= 11 is 0. The van der Waals surface area contributed by atoms with Gasteiger partial charge in [-0.2, -0.15) is 0 Å². The van der Waals surface area contributed by atoms with Crippen LogP contribution in [0.1, 0.15) is 64.2 Å². The average molecular weight is 442 g/mol. The lowest BCUT2D eigenvalue weighted by Crippen LogP contribution is -2.29. The van der Waals surface area contributed by atoms with Crippen LogP contribution in [0.5, 0.6) is 0 Å². The van der Waals surface area contributed by atoms with E-state index in [1.807, 2.05) is 37.3 Å². The molecule has 4 nitrogen and oxygen atoms in total. The summed E-state index contributed by atoms with van der Waals surface area (Å²) in [5.74, 6) is -0.235. The zero-order chi connectivity index (χ0) is 23.3. The lowest BCUT2D eigenvalue weighted by molar-refractivity contribution is 0.0714. The predicted molar refractivity (Wildman–Crippen MR) is 126 cm³/mol. The lowest BCUT2D eigenvalue weighted by Gasteiger charge is -2.25. The number of rotatable bonds is 4. The van der Waals surface area contributed by atoms with Crippen LogP contribution in [0.25, 0.3) is 11.0 Å². The topological polar surface area (TPSA) is 50.5 Å². The molecule has 1 atom stereocenters. The third-order valence-corrected chi connectivity index (χ3v) is 6.31. The van der Waals surface area contributed by atoms with Gasteiger partial charge in [0.1, 0.15) is 11.4 Å². The number of carbonyl (C=O) groups is 1. The number of hydrogen-bond acceptors (Lipinski definition) is 3. The van der Waals surface area contributed by atoms with Crippen molar-refractivity contribution in [3.8, 4) is 0 Å². The van der Waals surface area contributed by atoms with Crippen molar-refractivity contribution >= 4 is 16.9 Å². The molecule has 166 valence electrons. The fraction of sp³-hybridized carbons (Fsp3) is 0.214. The van der Waals surface area contributed by atoms with Crippen LogP contribution >= 0.6 is 0 Å². The van der Waals surface area contributed by atoms with Gasteiger partial charge in [0.2, 0.25) is 5.76 Å². The summed E-state index contributed by atoms with van der Waals surface area (Å²) in [6, 6.07) is 18.9. The second-order valence-corrected chi connectivity index (χ2v) is 8.96. The molecule has 0 spiro atoms. The Labute approximate surface area is 191 Å². The highest BCUT2D eigenvalue weighted by atomic mass is 19.1. The number of hydrogen-bond donors (Lipinski definition) is 0. The van der Waals surface area contributed by atoms with Crippen LogP contribution in [0.3, 0.4) is 0 Å². The molecule has 1 aliphatic rings. The summed E-state index contributed by atoms with van der Waals surface area (Å²) in [5.41, 5.74) is 4.30. The minimum atomic E-state index is -0.583. The molecule has 2 heterocycles. The van der Waals surface area contributed by atoms with Gasteiger partial charge in [0.25, 0.3) is 5.91 Å². The minimum Gasteiger partial charge on any atom is -0.450 e. The van der Waals surface area contributed by atoms with Gasteiger partial charge < -0.3 is 9.32 Å². The molecule has 1 amide bonds. The Hall–Kier alpha value is -3.73. The van der Waals surface area contributed by atoms with Crippen molar-refractivity contribution in [2.45, 2.75) is 39.3 Å². The zero-order valence-corrected chi connectivity index (χ0v) is 18.8. The fourth-order valence-electron chi connectivity index (χ4n) is 4.49. The number of nitrogens with zero attached hydrogens (tertiary/aromatic N) is 1. The van der Waals surface area contributed by atoms with E-state index in [0.29, 0.717) is 22.5 Å². The monoisotopic (exact) mass is 441 g/mol. The van der Waals surface area contributed by atoms with E-state index < -0.39 is 6.04 Å². The molecule has 33 heavy (non-hydrogen) atoms. The first-order valence-corrected chi connectivity index (χ1v) is 11.1. The number of fused-ring (bicyclic) bond motifs is 2. The van der Waals surface area contributed by atoms with Crippen LogP contribution in [0, 0.1) is 12.7 Å². The summed E-state index contributed by atoms with van der Waals surface area (Å²) in [6.07, 6.45) is 0. The molecule has 1 unspecified atom stereocenters. The Morgan fingerprint density at radius 3 is 2.33 bits per heavy atom. The van der Waals surface area contributed by atoms with Gasteiger partial charge in [0, 0.05) is 6.54 Å². The van der Waals surface area contributed by atoms with Gasteiger partial charge in [-0.25, -0.2) is 4.39 Å². The number of amides is 1. The molecule has 0 saturated heterocycles. The highest BCUT2D eigenvalue weighted by Crippen LogP contribution is 2.39. The SMILES string of the molecule is Cc1ccc2oc3c(c(=O)c2c1)C(c1ccc(C(C)C)cc1)N(Cc1ccc(F)cc1)C3=O. The molecule has 0 radical (unpaired) electrons. The van der Waals surface area contributed by atoms with E-state index in [9.17, 15) is 14.0 Å². The second-order valence-electron chi connectivity index (χ2n) is 8.96. The number of carbonyl (C=O) groups excluding carboxylic acids is 1. The number of halogens is 1. The maximum atomic E-state index is 13.6. The largest absolute Gasteiger partial charge is 0.450 e. The van der Waals surface area contributed by atoms with Gasteiger partial charge in [-0.3, -0.25) is 9.59 Å². The molecule has 1 aromatic heterocycles. The summed E-state index contributed by atoms with van der Waals surface area (Å²) < 4.78 is 19.4. The van der Waals surface area contributed by atoms with E-state index in [1.165, 1.54) is 17.7 Å². The molecule has 0 fully saturated rings. The molecule has 0 N–H and O–H groups in total. The standard InChI is InChI=1S/C28H24FNO3/c1-16(2)19-7-9-20(10-8-19)25-24-26(31)22-14-17(3)4-13-23(22)33-27(24)28(32)30(25)15-18-5-11-21(29)12-6-18/h4-14,16,25H,15H2,1-3H3. The molecular formula is C28H24FNO3. The van der Waals surface area contributed by atoms with Crippen LogP contribution in [0.2, 0.25) is 0 Å². The fourth-order valence-corrected chi connectivity index (χ4v) is 4.49. The van der Waals surface area contributed by atoms with Gasteiger partial charge >= 0.3 is 0 Å². The third-order valence-electron chi connectivity index (χ3n) is 6.31. The maximum Gasteiger partial charge on any atom is 0.291 e. The molecule has 0 bridgehead atoms. The van der Waals surface area contributed by atoms with Crippen molar-refractivity contribution in [3.05, 3.63) is 116 Å². The Morgan fingerprint density at radius 2 is 1.67 bits per heavy atom. The molecular weight excluding hydrogens is 417 g/mol. The highest BCUT2D eigenvalue weighted by molar-refractivity contribution is 5.99. The second kappa shape index (κ2) is 8.00. The smallest absolute Gasteiger partial charge is 0.291 e. The number of aryl methyl sites for hydroxylation is 1. The predicted octanol–water partition coefficient (Wildman–Crippen LogP) is 6.11. The van der Waals surface area contributed by atoms with Crippen molar-refractivity contribution in [2.24, 2.45) is 0 Å². The van der Waals surface area contributed by atoms with E-state index in [-0.39, 0.29) is 29.5 Å². The minimum absolute atomic E-state index is 0.0800. The first kappa shape index (κ1) is 21.1. The first-order chi connectivity index (χ1) is 15.8. The Kier molecular flexibility index (Phi) is 5.12. The van der Waals surface area contributed by atoms with E-state index in [1.54, 1.807) is 29.2 Å². The van der Waals surface area contributed by atoms with E-state index >= 15 is 0 Å². The van der Waals surface area contributed by atoms with Gasteiger partial charge in [0.15, 0.2) is 5.43 Å². The highest BCUT2D eigenvalue weighted by Gasteiger charge is 2.42. The van der Waals surface area contributed by atoms with E-state index in [2.05, 4.69) is 13.8 Å². The first-order valence-electron chi connectivity index (χ1n) is 11.1. The van der Waals surface area contributed by atoms with Crippen LogP contribution in [0.4, 0.5) is 4.39 Å². The van der Waals surface area contributed by atoms with E-state index in [4.69, 9.17) is 4.42 Å².